The van der Waals surface area contributed by atoms with E-state index in [0.29, 0.717) is 18.7 Å². The van der Waals surface area contributed by atoms with E-state index < -0.39 is 8.07 Å². The monoisotopic (exact) mass is 352 g/mol. The minimum Gasteiger partial charge on any atom is -0.375 e. The van der Waals surface area contributed by atoms with E-state index in [0.717, 1.165) is 22.0 Å². The number of hydrogen-bond donors (Lipinski definition) is 1. The smallest absolute Gasteiger partial charge is 0.185 e. The van der Waals surface area contributed by atoms with Crippen LogP contribution in [0.15, 0.2) is 0 Å². The molecule has 1 rings (SSSR count). The van der Waals surface area contributed by atoms with E-state index in [4.69, 9.17) is 4.74 Å². The molecule has 0 aliphatic carbocycles. The minimum absolute atomic E-state index is 0.369. The van der Waals surface area contributed by atoms with Gasteiger partial charge in [-0.1, -0.05) is 19.6 Å². The van der Waals surface area contributed by atoms with Crippen LogP contribution in [0, 0.1) is 3.70 Å². The molecule has 0 aromatic carbocycles. The van der Waals surface area contributed by atoms with Crippen LogP contribution < -0.4 is 0 Å². The Morgan fingerprint density at radius 1 is 1.50 bits per heavy atom. The van der Waals surface area contributed by atoms with Gasteiger partial charge in [-0.25, -0.2) is 4.98 Å². The summed E-state index contributed by atoms with van der Waals surface area (Å²) in [5.41, 5.74) is 0.887. The predicted octanol–water partition coefficient (Wildman–Crippen LogP) is 2.68. The first-order valence-corrected chi connectivity index (χ1v) is 9.98. The molecule has 0 atom stereocenters. The fourth-order valence-electron chi connectivity index (χ4n) is 1.11. The zero-order valence-corrected chi connectivity index (χ0v) is 13.0. The topological polar surface area (TPSA) is 55.0 Å². The molecule has 16 heavy (non-hydrogen) atoms. The summed E-state index contributed by atoms with van der Waals surface area (Å²) in [4.78, 5) is 17.5. The zero-order chi connectivity index (χ0) is 12.2. The van der Waals surface area contributed by atoms with Gasteiger partial charge in [0, 0.05) is 14.7 Å². The first-order valence-electron chi connectivity index (χ1n) is 5.20. The van der Waals surface area contributed by atoms with Crippen LogP contribution in [0.5, 0.6) is 0 Å². The van der Waals surface area contributed by atoms with Crippen LogP contribution in [0.4, 0.5) is 0 Å². The lowest BCUT2D eigenvalue weighted by atomic mass is 10.5. The average Bonchev–Trinajstić information content (AvgIpc) is 2.53. The van der Waals surface area contributed by atoms with Crippen LogP contribution in [0.1, 0.15) is 16.3 Å². The van der Waals surface area contributed by atoms with Crippen molar-refractivity contribution in [3.63, 3.8) is 0 Å². The second-order valence-corrected chi connectivity index (χ2v) is 11.5. The van der Waals surface area contributed by atoms with Gasteiger partial charge in [-0.3, -0.25) is 4.79 Å². The molecule has 0 bridgehead atoms. The summed E-state index contributed by atoms with van der Waals surface area (Å²) in [6.07, 6.45) is 0.716. The zero-order valence-electron chi connectivity index (χ0n) is 9.84. The Labute approximate surface area is 110 Å². The van der Waals surface area contributed by atoms with Crippen LogP contribution in [-0.2, 0) is 11.3 Å². The van der Waals surface area contributed by atoms with E-state index >= 15 is 0 Å². The Kier molecular flexibility index (Phi) is 5.13. The summed E-state index contributed by atoms with van der Waals surface area (Å²) >= 11 is 2.10. The maximum absolute atomic E-state index is 10.5. The molecule has 0 aliphatic heterocycles. The molecule has 0 saturated heterocycles. The highest BCUT2D eigenvalue weighted by molar-refractivity contribution is 14.1. The standard InChI is InChI=1S/C10H17IN2O2Si/c1-16(2,3)5-4-15-7-8-10(11)13-9(6-14)12-8/h6H,4-5,7H2,1-3H3,(H,12,13). The molecular formula is C10H17IN2O2Si. The number of hydrogen-bond acceptors (Lipinski definition) is 3. The first kappa shape index (κ1) is 13.9. The summed E-state index contributed by atoms with van der Waals surface area (Å²) in [7, 11) is -1.02. The molecule has 0 aliphatic rings. The fraction of sp³-hybridized carbons (Fsp3) is 0.600. The van der Waals surface area contributed by atoms with E-state index in [9.17, 15) is 4.79 Å². The first-order chi connectivity index (χ1) is 7.42. The number of aromatic amines is 1. The Morgan fingerprint density at radius 2 is 2.19 bits per heavy atom. The van der Waals surface area contributed by atoms with Gasteiger partial charge in [-0.2, -0.15) is 0 Å². The molecule has 0 saturated carbocycles. The van der Waals surface area contributed by atoms with E-state index in [-0.39, 0.29) is 0 Å². The molecule has 1 aromatic rings. The molecule has 0 fully saturated rings. The van der Waals surface area contributed by atoms with Gasteiger partial charge >= 0.3 is 0 Å². The lowest BCUT2D eigenvalue weighted by Crippen LogP contribution is -2.21. The number of carbonyl (C=O) groups excluding carboxylic acids is 1. The van der Waals surface area contributed by atoms with Gasteiger partial charge in [0.15, 0.2) is 12.1 Å². The SMILES string of the molecule is C[Si](C)(C)CCOCc1[nH]c(C=O)nc1I. The maximum atomic E-state index is 10.5. The molecule has 0 unspecified atom stereocenters. The highest BCUT2D eigenvalue weighted by Crippen LogP contribution is 2.12. The third kappa shape index (κ3) is 4.75. The van der Waals surface area contributed by atoms with Gasteiger partial charge in [-0.15, -0.1) is 0 Å². The Bertz CT molecular complexity index is 360. The molecule has 0 amide bonds. The quantitative estimate of drug-likeness (QED) is 0.371. The van der Waals surface area contributed by atoms with Crippen molar-refractivity contribution in [3.8, 4) is 0 Å². The van der Waals surface area contributed by atoms with Crippen LogP contribution in [0.3, 0.4) is 0 Å². The molecule has 1 aromatic heterocycles. The predicted molar refractivity (Wildman–Crippen MR) is 74.5 cm³/mol. The highest BCUT2D eigenvalue weighted by atomic mass is 127. The summed E-state index contributed by atoms with van der Waals surface area (Å²) in [5.74, 6) is 0.369. The van der Waals surface area contributed by atoms with E-state index in [1.807, 2.05) is 0 Å². The van der Waals surface area contributed by atoms with Crippen molar-refractivity contribution in [3.05, 3.63) is 15.2 Å². The summed E-state index contributed by atoms with van der Waals surface area (Å²) in [6.45, 7) is 8.24. The number of rotatable bonds is 6. The molecule has 1 heterocycles. The van der Waals surface area contributed by atoms with Gasteiger partial charge < -0.3 is 9.72 Å². The summed E-state index contributed by atoms with van der Waals surface area (Å²) in [5, 5.41) is 0. The number of aldehydes is 1. The Balaban J connectivity index is 2.37. The Hall–Kier alpha value is -0.213. The Morgan fingerprint density at radius 3 is 2.69 bits per heavy atom. The van der Waals surface area contributed by atoms with E-state index in [1.165, 1.54) is 0 Å². The molecule has 0 spiro atoms. The number of imidazole rings is 1. The highest BCUT2D eigenvalue weighted by Gasteiger charge is 2.13. The van der Waals surface area contributed by atoms with Crippen molar-refractivity contribution in [2.45, 2.75) is 32.3 Å². The number of H-pyrrole nitrogens is 1. The number of halogens is 1. The van der Waals surface area contributed by atoms with Gasteiger partial charge in [0.1, 0.15) is 3.70 Å². The number of nitrogens with zero attached hydrogens (tertiary/aromatic N) is 1. The average molecular weight is 352 g/mol. The second kappa shape index (κ2) is 5.92. The third-order valence-corrected chi connectivity index (χ3v) is 4.70. The second-order valence-electron chi connectivity index (χ2n) is 4.87. The van der Waals surface area contributed by atoms with Crippen LogP contribution in [0.25, 0.3) is 0 Å². The maximum Gasteiger partial charge on any atom is 0.185 e. The van der Waals surface area contributed by atoms with Gasteiger partial charge in [0.05, 0.1) is 12.3 Å². The summed E-state index contributed by atoms with van der Waals surface area (Å²) < 4.78 is 6.39. The molecule has 90 valence electrons. The van der Waals surface area contributed by atoms with Gasteiger partial charge in [-0.05, 0) is 28.6 Å². The number of carbonyl (C=O) groups is 1. The van der Waals surface area contributed by atoms with Crippen molar-refractivity contribution >= 4 is 37.0 Å². The largest absolute Gasteiger partial charge is 0.375 e. The van der Waals surface area contributed by atoms with Crippen molar-refractivity contribution in [1.29, 1.82) is 0 Å². The molecule has 4 nitrogen and oxygen atoms in total. The minimum atomic E-state index is -1.02. The van der Waals surface area contributed by atoms with Crippen molar-refractivity contribution in [2.24, 2.45) is 0 Å². The van der Waals surface area contributed by atoms with Crippen LogP contribution in [0.2, 0.25) is 25.7 Å². The number of ether oxygens (including phenoxy) is 1. The number of aromatic nitrogens is 2. The third-order valence-electron chi connectivity index (χ3n) is 2.10. The lowest BCUT2D eigenvalue weighted by Gasteiger charge is -2.15. The lowest BCUT2D eigenvalue weighted by molar-refractivity contribution is 0.111. The normalized spacial score (nSPS) is 11.8. The van der Waals surface area contributed by atoms with Crippen molar-refractivity contribution < 1.29 is 9.53 Å². The van der Waals surface area contributed by atoms with Crippen molar-refractivity contribution in [2.75, 3.05) is 6.61 Å². The van der Waals surface area contributed by atoms with Crippen molar-refractivity contribution in [1.82, 2.24) is 9.97 Å². The molecule has 1 N–H and O–H groups in total. The van der Waals surface area contributed by atoms with Crippen LogP contribution >= 0.6 is 22.6 Å². The fourth-order valence-corrected chi connectivity index (χ4v) is 2.42. The van der Waals surface area contributed by atoms with Crippen LogP contribution in [-0.4, -0.2) is 30.9 Å². The van der Waals surface area contributed by atoms with E-state index in [1.54, 1.807) is 0 Å². The van der Waals surface area contributed by atoms with Gasteiger partial charge in [0.2, 0.25) is 0 Å². The molecule has 6 heteroatoms. The van der Waals surface area contributed by atoms with Gasteiger partial charge in [0.25, 0.3) is 0 Å². The molecular weight excluding hydrogens is 335 g/mol. The molecule has 0 radical (unpaired) electrons. The summed E-state index contributed by atoms with van der Waals surface area (Å²) in [6, 6.07) is 1.15. The van der Waals surface area contributed by atoms with E-state index in [2.05, 4.69) is 52.2 Å². The number of nitrogens with one attached hydrogen (secondary N) is 1.